The van der Waals surface area contributed by atoms with Gasteiger partial charge in [0.1, 0.15) is 11.5 Å². The van der Waals surface area contributed by atoms with E-state index in [1.54, 1.807) is 35.4 Å². The highest BCUT2D eigenvalue weighted by atomic mass is 19.1. The van der Waals surface area contributed by atoms with E-state index in [0.717, 1.165) is 11.1 Å². The molecule has 1 amide bonds. The van der Waals surface area contributed by atoms with E-state index >= 15 is 0 Å². The van der Waals surface area contributed by atoms with Gasteiger partial charge in [-0.2, -0.15) is 0 Å². The number of hydrogen-bond acceptors (Lipinski definition) is 3. The highest BCUT2D eigenvalue weighted by molar-refractivity contribution is 5.96. The number of aromatic amines is 1. The number of likely N-dealkylation sites (tertiary alicyclic amines) is 1. The maximum absolute atomic E-state index is 13.0. The molecule has 4 rings (SSSR count). The molecule has 1 aliphatic rings. The number of carbonyl (C=O) groups excluding carboxylic acids is 1. The minimum Gasteiger partial charge on any atom is -0.463 e. The van der Waals surface area contributed by atoms with Crippen molar-refractivity contribution in [2.24, 2.45) is 5.92 Å². The maximum Gasteiger partial charge on any atom is 0.270 e. The normalized spacial score (nSPS) is 17.1. The quantitative estimate of drug-likeness (QED) is 0.765. The lowest BCUT2D eigenvalue weighted by molar-refractivity contribution is 0.0459. The number of nitrogens with zero attached hydrogens (tertiary/aromatic N) is 1. The molecule has 1 unspecified atom stereocenters. The Morgan fingerprint density at radius 3 is 2.64 bits per heavy atom. The van der Waals surface area contributed by atoms with E-state index in [0.29, 0.717) is 37.2 Å². The fraction of sp³-hybridized carbons (Fsp3) is 0.316. The van der Waals surface area contributed by atoms with E-state index in [4.69, 9.17) is 4.42 Å². The summed E-state index contributed by atoms with van der Waals surface area (Å²) in [6, 6.07) is 9.46. The average Bonchev–Trinajstić information content (AvgIpc) is 3.23. The first kappa shape index (κ1) is 15.9. The molecule has 1 fully saturated rings. The van der Waals surface area contributed by atoms with Gasteiger partial charge in [-0.25, -0.2) is 4.39 Å². The van der Waals surface area contributed by atoms with Gasteiger partial charge in [0.25, 0.3) is 5.91 Å². The third-order valence-corrected chi connectivity index (χ3v) is 4.96. The Hall–Kier alpha value is -2.60. The molecule has 0 spiro atoms. The van der Waals surface area contributed by atoms with E-state index in [9.17, 15) is 14.3 Å². The van der Waals surface area contributed by atoms with Gasteiger partial charge in [-0.05, 0) is 36.5 Å². The first-order valence-electron chi connectivity index (χ1n) is 8.41. The van der Waals surface area contributed by atoms with Crippen molar-refractivity contribution in [3.8, 4) is 0 Å². The van der Waals surface area contributed by atoms with Crippen molar-refractivity contribution < 1.29 is 18.7 Å². The number of furan rings is 1. The average molecular weight is 342 g/mol. The summed E-state index contributed by atoms with van der Waals surface area (Å²) < 4.78 is 18.3. The fourth-order valence-corrected chi connectivity index (χ4v) is 3.48. The van der Waals surface area contributed by atoms with Gasteiger partial charge in [-0.3, -0.25) is 4.79 Å². The van der Waals surface area contributed by atoms with Crippen LogP contribution < -0.4 is 0 Å². The monoisotopic (exact) mass is 342 g/mol. The van der Waals surface area contributed by atoms with Gasteiger partial charge in [0.15, 0.2) is 5.58 Å². The number of benzene rings is 1. The topological polar surface area (TPSA) is 69.5 Å². The molecule has 6 heteroatoms. The Balaban J connectivity index is 1.39. The molecule has 1 saturated heterocycles. The van der Waals surface area contributed by atoms with E-state index in [1.165, 1.54) is 12.1 Å². The lowest BCUT2D eigenvalue weighted by Crippen LogP contribution is -2.39. The first-order chi connectivity index (χ1) is 12.1. The second kappa shape index (κ2) is 6.37. The van der Waals surface area contributed by atoms with Crippen molar-refractivity contribution in [2.75, 3.05) is 13.1 Å². The zero-order valence-corrected chi connectivity index (χ0v) is 13.6. The largest absolute Gasteiger partial charge is 0.463 e. The summed E-state index contributed by atoms with van der Waals surface area (Å²) in [7, 11) is 0. The number of aliphatic hydroxyl groups excluding tert-OH is 1. The first-order valence-corrected chi connectivity index (χ1v) is 8.41. The molecule has 25 heavy (non-hydrogen) atoms. The van der Waals surface area contributed by atoms with Gasteiger partial charge in [0.2, 0.25) is 0 Å². The summed E-state index contributed by atoms with van der Waals surface area (Å²) in [5, 5.41) is 10.5. The lowest BCUT2D eigenvalue weighted by Gasteiger charge is -2.34. The Bertz CT molecular complexity index is 847. The molecular weight excluding hydrogens is 323 g/mol. The summed E-state index contributed by atoms with van der Waals surface area (Å²) in [5.41, 5.74) is 2.72. The molecule has 0 aliphatic carbocycles. The highest BCUT2D eigenvalue weighted by Crippen LogP contribution is 2.31. The van der Waals surface area contributed by atoms with Gasteiger partial charge in [0.05, 0.1) is 17.9 Å². The molecule has 0 saturated carbocycles. The number of halogens is 1. The van der Waals surface area contributed by atoms with Crippen LogP contribution >= 0.6 is 0 Å². The van der Waals surface area contributed by atoms with Gasteiger partial charge >= 0.3 is 0 Å². The number of fused-ring (bicyclic) bond motifs is 1. The molecule has 0 bridgehead atoms. The number of aromatic nitrogens is 1. The molecule has 3 aromatic rings. The Morgan fingerprint density at radius 2 is 1.96 bits per heavy atom. The zero-order valence-electron chi connectivity index (χ0n) is 13.6. The smallest absolute Gasteiger partial charge is 0.270 e. The van der Waals surface area contributed by atoms with Gasteiger partial charge in [0, 0.05) is 25.2 Å². The molecule has 3 heterocycles. The van der Waals surface area contributed by atoms with Crippen LogP contribution in [0.15, 0.2) is 47.1 Å². The fourth-order valence-electron chi connectivity index (χ4n) is 3.48. The van der Waals surface area contributed by atoms with Crippen LogP contribution in [-0.4, -0.2) is 34.0 Å². The summed E-state index contributed by atoms with van der Waals surface area (Å²) in [4.78, 5) is 17.5. The second-order valence-corrected chi connectivity index (χ2v) is 6.51. The highest BCUT2D eigenvalue weighted by Gasteiger charge is 2.29. The summed E-state index contributed by atoms with van der Waals surface area (Å²) in [6.07, 6.45) is 2.37. The molecule has 2 aromatic heterocycles. The Labute approximate surface area is 144 Å². The lowest BCUT2D eigenvalue weighted by atomic mass is 9.87. The van der Waals surface area contributed by atoms with Crippen LogP contribution in [0.1, 0.15) is 35.0 Å². The number of carbonyl (C=O) groups is 1. The SMILES string of the molecule is O=C(c1cc2occc2[nH]1)N1CCC(C(O)c2ccc(F)cc2)CC1. The molecular formula is C19H19FN2O3. The van der Waals surface area contributed by atoms with Crippen LogP contribution in [0, 0.1) is 11.7 Å². The van der Waals surface area contributed by atoms with Crippen LogP contribution in [0.3, 0.4) is 0 Å². The van der Waals surface area contributed by atoms with Crippen molar-refractivity contribution in [2.45, 2.75) is 18.9 Å². The standard InChI is InChI=1S/C19H19FN2O3/c20-14-3-1-12(2-4-14)18(23)13-5-8-22(9-6-13)19(24)16-11-17-15(21-16)7-10-25-17/h1-4,7,10-11,13,18,21,23H,5-6,8-9H2. The Kier molecular flexibility index (Phi) is 4.05. The minimum atomic E-state index is -0.634. The van der Waals surface area contributed by atoms with Gasteiger partial charge in [-0.15, -0.1) is 0 Å². The van der Waals surface area contributed by atoms with E-state index < -0.39 is 6.10 Å². The van der Waals surface area contributed by atoms with Crippen LogP contribution in [0.4, 0.5) is 4.39 Å². The van der Waals surface area contributed by atoms with Crippen molar-refractivity contribution in [1.29, 1.82) is 0 Å². The van der Waals surface area contributed by atoms with Gasteiger partial charge in [-0.1, -0.05) is 12.1 Å². The third-order valence-electron chi connectivity index (χ3n) is 4.96. The van der Waals surface area contributed by atoms with Crippen LogP contribution in [0.5, 0.6) is 0 Å². The third kappa shape index (κ3) is 3.05. The predicted molar refractivity (Wildman–Crippen MR) is 90.6 cm³/mol. The van der Waals surface area contributed by atoms with Crippen molar-refractivity contribution in [3.63, 3.8) is 0 Å². The number of piperidine rings is 1. The van der Waals surface area contributed by atoms with Crippen molar-refractivity contribution >= 4 is 17.0 Å². The predicted octanol–water partition coefficient (Wildman–Crippen LogP) is 3.49. The van der Waals surface area contributed by atoms with Crippen molar-refractivity contribution in [1.82, 2.24) is 9.88 Å². The molecule has 1 atom stereocenters. The summed E-state index contributed by atoms with van der Waals surface area (Å²) in [6.45, 7) is 1.17. The van der Waals surface area contributed by atoms with Crippen LogP contribution in [0.2, 0.25) is 0 Å². The maximum atomic E-state index is 13.0. The van der Waals surface area contributed by atoms with E-state index in [-0.39, 0.29) is 17.6 Å². The molecule has 5 nitrogen and oxygen atoms in total. The van der Waals surface area contributed by atoms with E-state index in [2.05, 4.69) is 4.98 Å². The number of hydrogen-bond donors (Lipinski definition) is 2. The van der Waals surface area contributed by atoms with E-state index in [1.807, 2.05) is 0 Å². The zero-order chi connectivity index (χ0) is 17.4. The number of amides is 1. The summed E-state index contributed by atoms with van der Waals surface area (Å²) in [5.74, 6) is -0.302. The number of aliphatic hydroxyl groups is 1. The molecule has 1 aliphatic heterocycles. The number of H-pyrrole nitrogens is 1. The molecule has 130 valence electrons. The van der Waals surface area contributed by atoms with Gasteiger partial charge < -0.3 is 19.4 Å². The Morgan fingerprint density at radius 1 is 1.24 bits per heavy atom. The minimum absolute atomic E-state index is 0.0545. The molecule has 1 aromatic carbocycles. The molecule has 2 N–H and O–H groups in total. The number of rotatable bonds is 3. The van der Waals surface area contributed by atoms with Crippen LogP contribution in [-0.2, 0) is 0 Å². The molecule has 0 radical (unpaired) electrons. The summed E-state index contributed by atoms with van der Waals surface area (Å²) >= 11 is 0. The second-order valence-electron chi connectivity index (χ2n) is 6.51. The number of nitrogens with one attached hydrogen (secondary N) is 1. The van der Waals surface area contributed by atoms with Crippen molar-refractivity contribution in [3.05, 3.63) is 59.7 Å². The van der Waals surface area contributed by atoms with Crippen LogP contribution in [0.25, 0.3) is 11.1 Å².